The average molecular weight is 312 g/mol. The van der Waals surface area contributed by atoms with E-state index in [0.29, 0.717) is 0 Å². The Kier molecular flexibility index (Phi) is 4.13. The van der Waals surface area contributed by atoms with Crippen LogP contribution in [0.25, 0.3) is 0 Å². The Morgan fingerprint density at radius 1 is 1.25 bits per heavy atom. The molecule has 3 N–H and O–H groups in total. The van der Waals surface area contributed by atoms with E-state index in [1.54, 1.807) is 0 Å². The lowest BCUT2D eigenvalue weighted by molar-refractivity contribution is -0.243. The third kappa shape index (κ3) is 3.08. The van der Waals surface area contributed by atoms with Crippen molar-refractivity contribution in [1.82, 2.24) is 0 Å². The van der Waals surface area contributed by atoms with Crippen molar-refractivity contribution in [2.24, 2.45) is 5.14 Å². The van der Waals surface area contributed by atoms with E-state index in [2.05, 4.69) is 0 Å². The predicted octanol–water partition coefficient (Wildman–Crippen LogP) is 0.536. The first kappa shape index (κ1) is 16.4. The van der Waals surface area contributed by atoms with E-state index in [0.717, 1.165) is 12.1 Å². The van der Waals surface area contributed by atoms with Gasteiger partial charge in [-0.2, -0.15) is 25.9 Å². The lowest BCUT2D eigenvalue weighted by atomic mass is 10.1. The van der Waals surface area contributed by atoms with Crippen molar-refractivity contribution in [2.75, 3.05) is 4.31 Å². The molecule has 0 heterocycles. The standard InChI is InChI=1S/C10H11F3N2O4S/c1-9(17,10(11,12)13)8(16)15(20(14,18)19)7-5-3-2-4-6-7/h2-6,17H,1H3,(H2,14,18,19). The first-order valence-electron chi connectivity index (χ1n) is 5.10. The van der Waals surface area contributed by atoms with Gasteiger partial charge in [-0.3, -0.25) is 4.79 Å². The highest BCUT2D eigenvalue weighted by Crippen LogP contribution is 2.33. The van der Waals surface area contributed by atoms with Crippen molar-refractivity contribution in [1.29, 1.82) is 0 Å². The number of amides is 1. The summed E-state index contributed by atoms with van der Waals surface area (Å²) in [6.45, 7) is 0.149. The molecule has 10 heteroatoms. The molecule has 1 aromatic carbocycles. The SMILES string of the molecule is CC(O)(C(=O)N(c1ccccc1)S(N)(=O)=O)C(F)(F)F. The predicted molar refractivity (Wildman–Crippen MR) is 63.7 cm³/mol. The van der Waals surface area contributed by atoms with Crippen LogP contribution in [0.15, 0.2) is 30.3 Å². The lowest BCUT2D eigenvalue weighted by Crippen LogP contribution is -2.58. The fourth-order valence-corrected chi connectivity index (χ4v) is 2.09. The molecule has 0 spiro atoms. The molecule has 1 atom stereocenters. The summed E-state index contributed by atoms with van der Waals surface area (Å²) in [5.74, 6) is -2.11. The number of rotatable bonds is 3. The van der Waals surface area contributed by atoms with Crippen LogP contribution in [0, 0.1) is 0 Å². The van der Waals surface area contributed by atoms with Crippen molar-refractivity contribution in [3.05, 3.63) is 30.3 Å². The highest BCUT2D eigenvalue weighted by atomic mass is 32.2. The maximum absolute atomic E-state index is 12.6. The molecule has 1 rings (SSSR count). The number of alkyl halides is 3. The van der Waals surface area contributed by atoms with E-state index in [-0.39, 0.29) is 11.2 Å². The van der Waals surface area contributed by atoms with Crippen LogP contribution in [0.1, 0.15) is 6.92 Å². The number of halogens is 3. The average Bonchev–Trinajstić information content (AvgIpc) is 2.27. The van der Waals surface area contributed by atoms with Crippen LogP contribution < -0.4 is 9.44 Å². The quantitative estimate of drug-likeness (QED) is 0.850. The van der Waals surface area contributed by atoms with Gasteiger partial charge in [0.25, 0.3) is 5.91 Å². The molecule has 1 unspecified atom stereocenters. The van der Waals surface area contributed by atoms with E-state index in [4.69, 9.17) is 5.14 Å². The number of benzene rings is 1. The van der Waals surface area contributed by atoms with Crippen LogP contribution in [0.5, 0.6) is 0 Å². The van der Waals surface area contributed by atoms with Gasteiger partial charge in [0.05, 0.1) is 5.69 Å². The van der Waals surface area contributed by atoms with Crippen molar-refractivity contribution >= 4 is 21.8 Å². The van der Waals surface area contributed by atoms with Crippen molar-refractivity contribution < 1.29 is 31.5 Å². The zero-order valence-electron chi connectivity index (χ0n) is 10.1. The summed E-state index contributed by atoms with van der Waals surface area (Å²) < 4.78 is 60.3. The molecule has 20 heavy (non-hydrogen) atoms. The Balaban J connectivity index is 3.40. The zero-order valence-corrected chi connectivity index (χ0v) is 10.9. The molecule has 0 aromatic heterocycles. The number of hydrogen-bond acceptors (Lipinski definition) is 4. The maximum Gasteiger partial charge on any atom is 0.426 e. The first-order chi connectivity index (χ1) is 8.89. The minimum Gasteiger partial charge on any atom is -0.373 e. The number of para-hydroxylation sites is 1. The van der Waals surface area contributed by atoms with E-state index in [1.165, 1.54) is 18.2 Å². The first-order valence-corrected chi connectivity index (χ1v) is 6.61. The molecule has 0 fully saturated rings. The fraction of sp³-hybridized carbons (Fsp3) is 0.300. The van der Waals surface area contributed by atoms with Gasteiger partial charge in [-0.25, -0.2) is 5.14 Å². The molecule has 0 aliphatic heterocycles. The Labute approximate surface area is 112 Å². The van der Waals surface area contributed by atoms with Gasteiger partial charge in [-0.05, 0) is 19.1 Å². The number of carbonyl (C=O) groups is 1. The third-order valence-electron chi connectivity index (χ3n) is 2.40. The van der Waals surface area contributed by atoms with Crippen LogP contribution in [0.2, 0.25) is 0 Å². The normalized spacial score (nSPS) is 15.5. The van der Waals surface area contributed by atoms with Crippen molar-refractivity contribution in [3.8, 4) is 0 Å². The second-order valence-corrected chi connectivity index (χ2v) is 5.42. The zero-order chi connectivity index (χ0) is 15.8. The lowest BCUT2D eigenvalue weighted by Gasteiger charge is -2.30. The number of nitrogens with two attached hydrogens (primary N) is 1. The molecule has 0 aliphatic rings. The largest absolute Gasteiger partial charge is 0.426 e. The van der Waals surface area contributed by atoms with Gasteiger partial charge in [0.15, 0.2) is 0 Å². The number of hydrogen-bond donors (Lipinski definition) is 2. The second kappa shape index (κ2) is 5.04. The van der Waals surface area contributed by atoms with Gasteiger partial charge in [0.2, 0.25) is 5.60 Å². The third-order valence-corrected chi connectivity index (χ3v) is 3.28. The van der Waals surface area contributed by atoms with Crippen LogP contribution in [-0.2, 0) is 15.0 Å². The highest BCUT2D eigenvalue weighted by molar-refractivity contribution is 7.91. The summed E-state index contributed by atoms with van der Waals surface area (Å²) in [6.07, 6.45) is -5.36. The molecule has 0 saturated heterocycles. The molecule has 1 amide bonds. The molecular weight excluding hydrogens is 301 g/mol. The summed E-state index contributed by atoms with van der Waals surface area (Å²) in [4.78, 5) is 11.8. The smallest absolute Gasteiger partial charge is 0.373 e. The topological polar surface area (TPSA) is 101 Å². The van der Waals surface area contributed by atoms with Crippen molar-refractivity contribution in [2.45, 2.75) is 18.7 Å². The second-order valence-electron chi connectivity index (χ2n) is 4.02. The summed E-state index contributed by atoms with van der Waals surface area (Å²) in [7, 11) is -4.84. The van der Waals surface area contributed by atoms with Crippen LogP contribution in [-0.4, -0.2) is 31.2 Å². The molecular formula is C10H11F3N2O4S. The fourth-order valence-electron chi connectivity index (χ4n) is 1.26. The molecule has 0 aliphatic carbocycles. The van der Waals surface area contributed by atoms with Gasteiger partial charge in [0.1, 0.15) is 0 Å². The van der Waals surface area contributed by atoms with E-state index >= 15 is 0 Å². The van der Waals surface area contributed by atoms with Gasteiger partial charge < -0.3 is 5.11 Å². The summed E-state index contributed by atoms with van der Waals surface area (Å²) >= 11 is 0. The van der Waals surface area contributed by atoms with Crippen molar-refractivity contribution in [3.63, 3.8) is 0 Å². The number of anilines is 1. The van der Waals surface area contributed by atoms with Gasteiger partial charge in [0, 0.05) is 0 Å². The van der Waals surface area contributed by atoms with Gasteiger partial charge in [-0.15, -0.1) is 0 Å². The van der Waals surface area contributed by atoms with Crippen LogP contribution in [0.4, 0.5) is 18.9 Å². The summed E-state index contributed by atoms with van der Waals surface area (Å²) in [5, 5.41) is 14.0. The molecule has 0 radical (unpaired) electrons. The minimum atomic E-state index is -5.36. The van der Waals surface area contributed by atoms with E-state index in [9.17, 15) is 31.5 Å². The number of aliphatic hydroxyl groups is 1. The van der Waals surface area contributed by atoms with Gasteiger partial charge in [-0.1, -0.05) is 18.2 Å². The van der Waals surface area contributed by atoms with Crippen LogP contribution in [0.3, 0.4) is 0 Å². The molecule has 1 aromatic rings. The van der Waals surface area contributed by atoms with Gasteiger partial charge >= 0.3 is 16.4 Å². The number of nitrogens with zero attached hydrogens (tertiary/aromatic N) is 1. The highest BCUT2D eigenvalue weighted by Gasteiger charge is 2.58. The number of carbonyl (C=O) groups excluding carboxylic acids is 1. The van der Waals surface area contributed by atoms with Crippen LogP contribution >= 0.6 is 0 Å². The van der Waals surface area contributed by atoms with E-state index < -0.39 is 33.6 Å². The Morgan fingerprint density at radius 3 is 2.05 bits per heavy atom. The van der Waals surface area contributed by atoms with E-state index in [1.807, 2.05) is 0 Å². The molecule has 0 saturated carbocycles. The molecule has 6 nitrogen and oxygen atoms in total. The maximum atomic E-state index is 12.6. The minimum absolute atomic E-state index is 0.149. The Bertz CT molecular complexity index is 599. The summed E-state index contributed by atoms with van der Waals surface area (Å²) in [5.41, 5.74) is -4.31. The Hall–Kier alpha value is -1.65. The summed E-state index contributed by atoms with van der Waals surface area (Å²) in [6, 6.07) is 6.17. The Morgan fingerprint density at radius 2 is 1.70 bits per heavy atom. The molecule has 0 bridgehead atoms. The molecule has 112 valence electrons. The monoisotopic (exact) mass is 312 g/mol.